The van der Waals surface area contributed by atoms with Gasteiger partial charge >= 0.3 is 0 Å². The third-order valence-electron chi connectivity index (χ3n) is 4.40. The molecule has 0 saturated heterocycles. The first kappa shape index (κ1) is 11.7. The van der Waals surface area contributed by atoms with Gasteiger partial charge in [0, 0.05) is 19.5 Å². The fourth-order valence-electron chi connectivity index (χ4n) is 2.97. The van der Waals surface area contributed by atoms with E-state index < -0.39 is 0 Å². The molecule has 1 saturated carbocycles. The Hall–Kier alpha value is -1.35. The molecule has 2 atom stereocenters. The van der Waals surface area contributed by atoms with E-state index in [0.717, 1.165) is 17.8 Å². The Bertz CT molecular complexity index is 582. The molecule has 1 fully saturated rings. The monoisotopic (exact) mass is 243 g/mol. The van der Waals surface area contributed by atoms with Crippen LogP contribution in [-0.2, 0) is 13.5 Å². The van der Waals surface area contributed by atoms with Crippen LogP contribution in [-0.4, -0.2) is 15.6 Å². The van der Waals surface area contributed by atoms with Crippen LogP contribution >= 0.6 is 0 Å². The molecule has 1 aliphatic rings. The summed E-state index contributed by atoms with van der Waals surface area (Å²) in [5.41, 5.74) is 9.02. The van der Waals surface area contributed by atoms with Crippen LogP contribution in [0.3, 0.4) is 0 Å². The second-order valence-electron chi connectivity index (χ2n) is 6.24. The zero-order valence-electron chi connectivity index (χ0n) is 11.4. The highest BCUT2D eigenvalue weighted by Crippen LogP contribution is 2.53. The van der Waals surface area contributed by atoms with Gasteiger partial charge in [0.15, 0.2) is 0 Å². The van der Waals surface area contributed by atoms with Gasteiger partial charge in [0.05, 0.1) is 11.0 Å². The van der Waals surface area contributed by atoms with E-state index in [2.05, 4.69) is 43.7 Å². The van der Waals surface area contributed by atoms with E-state index in [1.807, 2.05) is 6.07 Å². The number of rotatable bonds is 3. The predicted octanol–water partition coefficient (Wildman–Crippen LogP) is 2.49. The topological polar surface area (TPSA) is 43.8 Å². The number of para-hydroxylation sites is 2. The molecule has 0 radical (unpaired) electrons. The molecular weight excluding hydrogens is 222 g/mol. The van der Waals surface area contributed by atoms with Crippen molar-refractivity contribution in [3.05, 3.63) is 30.1 Å². The van der Waals surface area contributed by atoms with Crippen LogP contribution in [0.5, 0.6) is 0 Å². The average Bonchev–Trinajstić information content (AvgIpc) is 2.86. The molecule has 2 aromatic rings. The lowest BCUT2D eigenvalue weighted by molar-refractivity contribution is 0.467. The Morgan fingerprint density at radius 3 is 2.72 bits per heavy atom. The molecule has 2 N–H and O–H groups in total. The van der Waals surface area contributed by atoms with Crippen LogP contribution in [0, 0.1) is 11.3 Å². The maximum Gasteiger partial charge on any atom is 0.111 e. The number of nitrogens with zero attached hydrogens (tertiary/aromatic N) is 2. The largest absolute Gasteiger partial charge is 0.331 e. The Balaban J connectivity index is 1.85. The molecule has 0 amide bonds. The van der Waals surface area contributed by atoms with Crippen molar-refractivity contribution in [2.24, 2.45) is 24.1 Å². The zero-order chi connectivity index (χ0) is 12.9. The summed E-state index contributed by atoms with van der Waals surface area (Å²) in [5.74, 6) is 1.75. The van der Waals surface area contributed by atoms with Crippen molar-refractivity contribution in [1.29, 1.82) is 0 Å². The third-order valence-corrected chi connectivity index (χ3v) is 4.40. The van der Waals surface area contributed by atoms with Crippen molar-refractivity contribution in [1.82, 2.24) is 9.55 Å². The first-order chi connectivity index (χ1) is 8.49. The van der Waals surface area contributed by atoms with E-state index in [4.69, 9.17) is 10.7 Å². The minimum Gasteiger partial charge on any atom is -0.331 e. The summed E-state index contributed by atoms with van der Waals surface area (Å²) in [6.45, 7) is 4.60. The van der Waals surface area contributed by atoms with Gasteiger partial charge in [0.2, 0.25) is 0 Å². The zero-order valence-corrected chi connectivity index (χ0v) is 11.4. The first-order valence-electron chi connectivity index (χ1n) is 6.65. The summed E-state index contributed by atoms with van der Waals surface area (Å²) in [7, 11) is 2.08. The number of hydrogen-bond acceptors (Lipinski definition) is 2. The fraction of sp³-hybridized carbons (Fsp3) is 0.533. The highest BCUT2D eigenvalue weighted by atomic mass is 15.1. The number of hydrogen-bond donors (Lipinski definition) is 1. The van der Waals surface area contributed by atoms with Crippen molar-refractivity contribution in [2.75, 3.05) is 0 Å². The van der Waals surface area contributed by atoms with Gasteiger partial charge in [-0.05, 0) is 29.9 Å². The molecule has 18 heavy (non-hydrogen) atoms. The summed E-state index contributed by atoms with van der Waals surface area (Å²) in [6, 6.07) is 8.49. The summed E-state index contributed by atoms with van der Waals surface area (Å²) in [6.07, 6.45) is 2.12. The van der Waals surface area contributed by atoms with Gasteiger partial charge in [0.1, 0.15) is 5.82 Å². The van der Waals surface area contributed by atoms with E-state index in [0.29, 0.717) is 11.3 Å². The number of fused-ring (bicyclic) bond motifs is 1. The van der Waals surface area contributed by atoms with E-state index in [1.54, 1.807) is 0 Å². The van der Waals surface area contributed by atoms with Gasteiger partial charge in [-0.25, -0.2) is 4.98 Å². The van der Waals surface area contributed by atoms with Crippen LogP contribution in [0.15, 0.2) is 24.3 Å². The number of nitrogens with two attached hydrogens (primary N) is 1. The lowest BCUT2D eigenvalue weighted by Gasteiger charge is -2.13. The highest BCUT2D eigenvalue weighted by molar-refractivity contribution is 5.75. The molecule has 3 heteroatoms. The number of aromatic nitrogens is 2. The molecule has 1 aromatic heterocycles. The predicted molar refractivity (Wildman–Crippen MR) is 74.3 cm³/mol. The second-order valence-corrected chi connectivity index (χ2v) is 6.24. The summed E-state index contributed by atoms with van der Waals surface area (Å²) in [4.78, 5) is 4.69. The van der Waals surface area contributed by atoms with Crippen molar-refractivity contribution in [3.8, 4) is 0 Å². The minimum absolute atomic E-state index is 0.232. The van der Waals surface area contributed by atoms with Crippen molar-refractivity contribution < 1.29 is 0 Å². The fourth-order valence-corrected chi connectivity index (χ4v) is 2.97. The quantitative estimate of drug-likeness (QED) is 0.900. The minimum atomic E-state index is 0.232. The van der Waals surface area contributed by atoms with Crippen molar-refractivity contribution >= 4 is 11.0 Å². The van der Waals surface area contributed by atoms with Crippen LogP contribution < -0.4 is 5.73 Å². The highest BCUT2D eigenvalue weighted by Gasteiger charge is 2.48. The van der Waals surface area contributed by atoms with Gasteiger partial charge in [-0.2, -0.15) is 0 Å². The van der Waals surface area contributed by atoms with Crippen LogP contribution in [0.25, 0.3) is 11.0 Å². The molecule has 1 aliphatic carbocycles. The first-order valence-corrected chi connectivity index (χ1v) is 6.65. The standard InChI is InChI=1S/C15H21N3/c1-15(2)9-10(15)11(16)8-14-17-12-6-4-5-7-13(12)18(14)3/h4-7,10-11H,8-9,16H2,1-3H3. The van der Waals surface area contributed by atoms with Gasteiger partial charge in [-0.1, -0.05) is 26.0 Å². The molecule has 0 spiro atoms. The van der Waals surface area contributed by atoms with Crippen LogP contribution in [0.1, 0.15) is 26.1 Å². The Kier molecular flexibility index (Phi) is 2.49. The maximum absolute atomic E-state index is 6.32. The van der Waals surface area contributed by atoms with E-state index in [-0.39, 0.29) is 6.04 Å². The van der Waals surface area contributed by atoms with E-state index in [1.165, 1.54) is 11.9 Å². The van der Waals surface area contributed by atoms with Gasteiger partial charge in [0.25, 0.3) is 0 Å². The maximum atomic E-state index is 6.32. The normalized spacial score (nSPS) is 23.2. The Morgan fingerprint density at radius 1 is 1.44 bits per heavy atom. The molecule has 0 bridgehead atoms. The number of imidazole rings is 1. The summed E-state index contributed by atoms with van der Waals surface area (Å²) in [5, 5.41) is 0. The molecular formula is C15H21N3. The molecule has 1 heterocycles. The van der Waals surface area contributed by atoms with Crippen LogP contribution in [0.2, 0.25) is 0 Å². The SMILES string of the molecule is Cn1c(CC(N)C2CC2(C)C)nc2ccccc21. The number of aryl methyl sites for hydroxylation is 1. The Labute approximate surface area is 108 Å². The molecule has 3 nitrogen and oxygen atoms in total. The molecule has 1 aromatic carbocycles. The molecule has 96 valence electrons. The van der Waals surface area contributed by atoms with Crippen molar-refractivity contribution in [2.45, 2.75) is 32.7 Å². The van der Waals surface area contributed by atoms with E-state index in [9.17, 15) is 0 Å². The second kappa shape index (κ2) is 3.82. The summed E-state index contributed by atoms with van der Waals surface area (Å²) >= 11 is 0. The van der Waals surface area contributed by atoms with Crippen LogP contribution in [0.4, 0.5) is 0 Å². The van der Waals surface area contributed by atoms with Gasteiger partial charge in [-0.3, -0.25) is 0 Å². The lowest BCUT2D eigenvalue weighted by atomic mass is 10.0. The van der Waals surface area contributed by atoms with E-state index >= 15 is 0 Å². The lowest BCUT2D eigenvalue weighted by Crippen LogP contribution is -2.28. The third kappa shape index (κ3) is 1.83. The summed E-state index contributed by atoms with van der Waals surface area (Å²) < 4.78 is 2.17. The van der Waals surface area contributed by atoms with Gasteiger partial charge < -0.3 is 10.3 Å². The smallest absolute Gasteiger partial charge is 0.111 e. The number of benzene rings is 1. The average molecular weight is 243 g/mol. The Morgan fingerprint density at radius 2 is 2.11 bits per heavy atom. The van der Waals surface area contributed by atoms with Crippen molar-refractivity contribution in [3.63, 3.8) is 0 Å². The molecule has 3 rings (SSSR count). The van der Waals surface area contributed by atoms with Gasteiger partial charge in [-0.15, -0.1) is 0 Å². The molecule has 2 unspecified atom stereocenters. The molecule has 0 aliphatic heterocycles.